The lowest BCUT2D eigenvalue weighted by Gasteiger charge is -2.08. The fraction of sp³-hybridized carbons (Fsp3) is 0. The molecule has 20 heavy (non-hydrogen) atoms. The second-order valence-corrected chi connectivity index (χ2v) is 6.13. The van der Waals surface area contributed by atoms with Crippen LogP contribution < -0.4 is 4.72 Å². The quantitative estimate of drug-likeness (QED) is 0.862. The molecule has 104 valence electrons. The van der Waals surface area contributed by atoms with E-state index in [1.54, 1.807) is 6.07 Å². The van der Waals surface area contributed by atoms with Crippen molar-refractivity contribution in [2.24, 2.45) is 0 Å². The molecule has 1 heterocycles. The number of halogens is 1. The van der Waals surface area contributed by atoms with Gasteiger partial charge in [-0.2, -0.15) is 0 Å². The fourth-order valence-corrected chi connectivity index (χ4v) is 3.32. The maximum atomic E-state index is 12.2. The van der Waals surface area contributed by atoms with Crippen LogP contribution in [-0.2, 0) is 10.0 Å². The number of aromatic nitrogens is 2. The highest BCUT2D eigenvalue weighted by atomic mass is 79.9. The van der Waals surface area contributed by atoms with E-state index in [9.17, 15) is 13.2 Å². The van der Waals surface area contributed by atoms with E-state index in [2.05, 4.69) is 30.6 Å². The van der Waals surface area contributed by atoms with Gasteiger partial charge in [0.1, 0.15) is 4.90 Å². The van der Waals surface area contributed by atoms with Gasteiger partial charge in [0.25, 0.3) is 10.0 Å². The molecule has 0 amide bonds. The second kappa shape index (κ2) is 5.55. The zero-order valence-electron chi connectivity index (χ0n) is 9.82. The second-order valence-electron chi connectivity index (χ2n) is 3.63. The van der Waals surface area contributed by atoms with Crippen molar-refractivity contribution < 1.29 is 18.3 Å². The Hall–Kier alpha value is -2.00. The fourth-order valence-electron chi connectivity index (χ4n) is 1.37. The molecule has 0 radical (unpaired) electrons. The van der Waals surface area contributed by atoms with Crippen molar-refractivity contribution in [3.8, 4) is 0 Å². The SMILES string of the molecule is O=C(O)c1ccc(Br)c(S(=O)(=O)Nc2ncccn2)c1. The average Bonchev–Trinajstić information content (AvgIpc) is 2.39. The average molecular weight is 358 g/mol. The van der Waals surface area contributed by atoms with Crippen LogP contribution in [-0.4, -0.2) is 29.5 Å². The predicted molar refractivity (Wildman–Crippen MR) is 73.9 cm³/mol. The largest absolute Gasteiger partial charge is 0.478 e. The van der Waals surface area contributed by atoms with Gasteiger partial charge in [0.15, 0.2) is 0 Å². The van der Waals surface area contributed by atoms with Gasteiger partial charge in [-0.05, 0) is 40.2 Å². The van der Waals surface area contributed by atoms with Crippen molar-refractivity contribution in [1.82, 2.24) is 9.97 Å². The van der Waals surface area contributed by atoms with Gasteiger partial charge in [-0.25, -0.2) is 27.9 Å². The summed E-state index contributed by atoms with van der Waals surface area (Å²) in [5.41, 5.74) is -0.137. The normalized spacial score (nSPS) is 11.1. The first kappa shape index (κ1) is 14.4. The highest BCUT2D eigenvalue weighted by Crippen LogP contribution is 2.24. The summed E-state index contributed by atoms with van der Waals surface area (Å²) in [6.45, 7) is 0. The molecule has 0 aliphatic heterocycles. The maximum absolute atomic E-state index is 12.2. The molecule has 7 nitrogen and oxygen atoms in total. The highest BCUT2D eigenvalue weighted by Gasteiger charge is 2.20. The van der Waals surface area contributed by atoms with Crippen LogP contribution in [0.2, 0.25) is 0 Å². The molecule has 2 rings (SSSR count). The molecular formula is C11H8BrN3O4S. The molecule has 2 N–H and O–H groups in total. The molecule has 2 aromatic rings. The van der Waals surface area contributed by atoms with Gasteiger partial charge in [0.2, 0.25) is 5.95 Å². The van der Waals surface area contributed by atoms with Gasteiger partial charge < -0.3 is 5.11 Å². The van der Waals surface area contributed by atoms with Crippen molar-refractivity contribution in [2.75, 3.05) is 4.72 Å². The maximum Gasteiger partial charge on any atom is 0.335 e. The first-order valence-electron chi connectivity index (χ1n) is 5.23. The number of nitrogens with zero attached hydrogens (tertiary/aromatic N) is 2. The third-order valence-corrected chi connectivity index (χ3v) is 4.58. The summed E-state index contributed by atoms with van der Waals surface area (Å²) < 4.78 is 26.8. The Morgan fingerprint density at radius 3 is 2.50 bits per heavy atom. The van der Waals surface area contributed by atoms with E-state index in [1.165, 1.54) is 24.5 Å². The van der Waals surface area contributed by atoms with Crippen molar-refractivity contribution in [3.05, 3.63) is 46.7 Å². The molecule has 0 aliphatic carbocycles. The Labute approximate surface area is 122 Å². The third kappa shape index (κ3) is 3.11. The Morgan fingerprint density at radius 1 is 1.25 bits per heavy atom. The van der Waals surface area contributed by atoms with Crippen molar-refractivity contribution >= 4 is 37.9 Å². The first-order chi connectivity index (χ1) is 9.40. The van der Waals surface area contributed by atoms with E-state index >= 15 is 0 Å². The molecule has 0 aliphatic rings. The number of benzene rings is 1. The molecule has 1 aromatic carbocycles. The lowest BCUT2D eigenvalue weighted by atomic mass is 10.2. The van der Waals surface area contributed by atoms with Crippen molar-refractivity contribution in [2.45, 2.75) is 4.90 Å². The third-order valence-electron chi connectivity index (χ3n) is 2.26. The first-order valence-corrected chi connectivity index (χ1v) is 7.50. The Bertz CT molecular complexity index is 750. The number of hydrogen-bond donors (Lipinski definition) is 2. The van der Waals surface area contributed by atoms with E-state index in [0.29, 0.717) is 0 Å². The van der Waals surface area contributed by atoms with Crippen molar-refractivity contribution in [1.29, 1.82) is 0 Å². The van der Waals surface area contributed by atoms with E-state index in [4.69, 9.17) is 5.11 Å². The molecule has 0 saturated heterocycles. The Balaban J connectivity index is 2.44. The number of carbonyl (C=O) groups is 1. The zero-order valence-corrected chi connectivity index (χ0v) is 12.2. The molecule has 1 aromatic heterocycles. The minimum atomic E-state index is -3.99. The summed E-state index contributed by atoms with van der Waals surface area (Å²) in [4.78, 5) is 18.2. The van der Waals surface area contributed by atoms with Crippen LogP contribution in [0.15, 0.2) is 46.0 Å². The number of nitrogens with one attached hydrogen (secondary N) is 1. The predicted octanol–water partition coefficient (Wildman–Crippen LogP) is 1.74. The number of rotatable bonds is 4. The molecule has 0 unspecified atom stereocenters. The Kier molecular flexibility index (Phi) is 4.00. The number of anilines is 1. The molecule has 0 atom stereocenters. The number of sulfonamides is 1. The molecule has 0 bridgehead atoms. The summed E-state index contributed by atoms with van der Waals surface area (Å²) in [7, 11) is -3.99. The smallest absolute Gasteiger partial charge is 0.335 e. The van der Waals surface area contributed by atoms with Crippen LogP contribution in [0.5, 0.6) is 0 Å². The van der Waals surface area contributed by atoms with Crippen LogP contribution >= 0.6 is 15.9 Å². The lowest BCUT2D eigenvalue weighted by Crippen LogP contribution is -2.16. The van der Waals surface area contributed by atoms with E-state index in [-0.39, 0.29) is 20.9 Å². The van der Waals surface area contributed by atoms with Gasteiger partial charge in [-0.3, -0.25) is 0 Å². The van der Waals surface area contributed by atoms with Gasteiger partial charge >= 0.3 is 5.97 Å². The topological polar surface area (TPSA) is 109 Å². The summed E-state index contributed by atoms with van der Waals surface area (Å²) in [6, 6.07) is 5.24. The van der Waals surface area contributed by atoms with Crippen molar-refractivity contribution in [3.63, 3.8) is 0 Å². The molecule has 0 saturated carbocycles. The summed E-state index contributed by atoms with van der Waals surface area (Å²) in [5.74, 6) is -1.31. The van der Waals surface area contributed by atoms with Gasteiger partial charge in [-0.15, -0.1) is 0 Å². The van der Waals surface area contributed by atoms with Crippen LogP contribution in [0.4, 0.5) is 5.95 Å². The molecule has 0 spiro atoms. The van der Waals surface area contributed by atoms with Gasteiger partial charge in [-0.1, -0.05) is 0 Å². The molecular weight excluding hydrogens is 350 g/mol. The van der Waals surface area contributed by atoms with E-state index in [0.717, 1.165) is 6.07 Å². The highest BCUT2D eigenvalue weighted by molar-refractivity contribution is 9.10. The zero-order chi connectivity index (χ0) is 14.8. The van der Waals surface area contributed by atoms with E-state index < -0.39 is 16.0 Å². The summed E-state index contributed by atoms with van der Waals surface area (Å²) in [5, 5.41) is 8.90. The van der Waals surface area contributed by atoms with Crippen LogP contribution in [0.25, 0.3) is 0 Å². The number of aromatic carboxylic acids is 1. The molecule has 9 heteroatoms. The number of carboxylic acid groups (broad SMARTS) is 1. The van der Waals surface area contributed by atoms with Gasteiger partial charge in [0.05, 0.1) is 5.56 Å². The monoisotopic (exact) mass is 357 g/mol. The lowest BCUT2D eigenvalue weighted by molar-refractivity contribution is 0.0696. The van der Waals surface area contributed by atoms with Crippen LogP contribution in [0, 0.1) is 0 Å². The minimum Gasteiger partial charge on any atom is -0.478 e. The van der Waals surface area contributed by atoms with Crippen LogP contribution in [0.3, 0.4) is 0 Å². The standard InChI is InChI=1S/C11H8BrN3O4S/c12-8-3-2-7(10(16)17)6-9(8)20(18,19)15-11-13-4-1-5-14-11/h1-6H,(H,16,17)(H,13,14,15). The number of carboxylic acids is 1. The van der Waals surface area contributed by atoms with Crippen LogP contribution in [0.1, 0.15) is 10.4 Å². The summed E-state index contributed by atoms with van der Waals surface area (Å²) >= 11 is 3.08. The summed E-state index contributed by atoms with van der Waals surface area (Å²) in [6.07, 6.45) is 2.77. The number of hydrogen-bond acceptors (Lipinski definition) is 5. The van der Waals surface area contributed by atoms with E-state index in [1.807, 2.05) is 0 Å². The Morgan fingerprint density at radius 2 is 1.90 bits per heavy atom. The molecule has 0 fully saturated rings. The minimum absolute atomic E-state index is 0.0971. The van der Waals surface area contributed by atoms with Gasteiger partial charge in [0, 0.05) is 16.9 Å².